The van der Waals surface area contributed by atoms with Gasteiger partial charge < -0.3 is 14.5 Å². The van der Waals surface area contributed by atoms with Gasteiger partial charge in [-0.1, -0.05) is 18.2 Å². The van der Waals surface area contributed by atoms with Crippen LogP contribution in [0.15, 0.2) is 73.1 Å². The molecule has 1 aliphatic heterocycles. The molecule has 0 bridgehead atoms. The van der Waals surface area contributed by atoms with Gasteiger partial charge in [-0.3, -0.25) is 14.6 Å². The zero-order valence-electron chi connectivity index (χ0n) is 20.0. The third-order valence-corrected chi connectivity index (χ3v) is 5.81. The van der Waals surface area contributed by atoms with Crippen molar-refractivity contribution in [3.8, 4) is 17.1 Å². The summed E-state index contributed by atoms with van der Waals surface area (Å²) < 4.78 is 5.88. The van der Waals surface area contributed by atoms with Crippen molar-refractivity contribution < 1.29 is 24.0 Å². The SMILES string of the molecule is CN(CCOc1cccc(C(=O)ON2C(=O)CCC2=O)c1)c1nc(-c2cccnc2)nc2ccccc12. The first-order valence-corrected chi connectivity index (χ1v) is 11.7. The van der Waals surface area contributed by atoms with Crippen molar-refractivity contribution in [1.29, 1.82) is 0 Å². The second-order valence-electron chi connectivity index (χ2n) is 8.39. The van der Waals surface area contributed by atoms with Gasteiger partial charge in [0.15, 0.2) is 5.82 Å². The quantitative estimate of drug-likeness (QED) is 0.338. The average molecular weight is 498 g/mol. The molecule has 0 aliphatic carbocycles. The maximum absolute atomic E-state index is 12.4. The molecule has 37 heavy (non-hydrogen) atoms. The average Bonchev–Trinajstić information content (AvgIpc) is 3.25. The van der Waals surface area contributed by atoms with Crippen LogP contribution in [0.4, 0.5) is 5.82 Å². The molecule has 186 valence electrons. The molecular formula is C27H23N5O5. The van der Waals surface area contributed by atoms with Crippen LogP contribution in [0, 0.1) is 0 Å². The first kappa shape index (κ1) is 23.9. The highest BCUT2D eigenvalue weighted by molar-refractivity contribution is 6.02. The highest BCUT2D eigenvalue weighted by Crippen LogP contribution is 2.26. The molecule has 0 saturated carbocycles. The van der Waals surface area contributed by atoms with Crippen molar-refractivity contribution >= 4 is 34.5 Å². The number of ether oxygens (including phenoxy) is 1. The third kappa shape index (κ3) is 5.22. The Morgan fingerprint density at radius 1 is 1.00 bits per heavy atom. The van der Waals surface area contributed by atoms with E-state index in [-0.39, 0.29) is 18.4 Å². The number of imide groups is 1. The van der Waals surface area contributed by atoms with Gasteiger partial charge >= 0.3 is 5.97 Å². The van der Waals surface area contributed by atoms with Crippen molar-refractivity contribution in [3.63, 3.8) is 0 Å². The molecule has 10 nitrogen and oxygen atoms in total. The molecule has 0 unspecified atom stereocenters. The smallest absolute Gasteiger partial charge is 0.364 e. The van der Waals surface area contributed by atoms with Crippen LogP contribution in [0.5, 0.6) is 5.75 Å². The van der Waals surface area contributed by atoms with Gasteiger partial charge in [-0.15, -0.1) is 5.06 Å². The number of para-hydroxylation sites is 1. The number of amides is 2. The fourth-order valence-electron chi connectivity index (χ4n) is 3.89. The zero-order chi connectivity index (χ0) is 25.8. The molecular weight excluding hydrogens is 474 g/mol. The molecule has 1 aliphatic rings. The summed E-state index contributed by atoms with van der Waals surface area (Å²) >= 11 is 0. The van der Waals surface area contributed by atoms with Gasteiger partial charge in [0, 0.05) is 43.2 Å². The summed E-state index contributed by atoms with van der Waals surface area (Å²) in [5.41, 5.74) is 1.81. The molecule has 0 N–H and O–H groups in total. The summed E-state index contributed by atoms with van der Waals surface area (Å²) in [6.45, 7) is 0.803. The maximum Gasteiger partial charge on any atom is 0.364 e. The number of anilines is 1. The Balaban J connectivity index is 1.27. The number of carbonyl (C=O) groups is 3. The summed E-state index contributed by atoms with van der Waals surface area (Å²) in [6, 6.07) is 17.9. The van der Waals surface area contributed by atoms with Gasteiger partial charge in [-0.05, 0) is 42.5 Å². The maximum atomic E-state index is 12.4. The number of benzene rings is 2. The predicted octanol–water partition coefficient (Wildman–Crippen LogP) is 3.43. The molecule has 1 saturated heterocycles. The van der Waals surface area contributed by atoms with Crippen LogP contribution < -0.4 is 9.64 Å². The number of carbonyl (C=O) groups excluding carboxylic acids is 3. The lowest BCUT2D eigenvalue weighted by molar-refractivity contribution is -0.172. The Kier molecular flexibility index (Phi) is 6.71. The van der Waals surface area contributed by atoms with E-state index in [9.17, 15) is 14.4 Å². The van der Waals surface area contributed by atoms with E-state index >= 15 is 0 Å². The lowest BCUT2D eigenvalue weighted by Gasteiger charge is -2.21. The van der Waals surface area contributed by atoms with Crippen LogP contribution in [0.2, 0.25) is 0 Å². The Morgan fingerprint density at radius 3 is 2.59 bits per heavy atom. The topological polar surface area (TPSA) is 115 Å². The molecule has 2 aromatic carbocycles. The molecule has 10 heteroatoms. The van der Waals surface area contributed by atoms with Crippen molar-refractivity contribution in [2.75, 3.05) is 25.1 Å². The van der Waals surface area contributed by atoms with Crippen LogP contribution >= 0.6 is 0 Å². The second kappa shape index (κ2) is 10.4. The minimum atomic E-state index is -0.804. The Bertz CT molecular complexity index is 1460. The summed E-state index contributed by atoms with van der Waals surface area (Å²) in [6.07, 6.45) is 3.50. The van der Waals surface area contributed by atoms with E-state index in [1.165, 1.54) is 12.1 Å². The summed E-state index contributed by atoms with van der Waals surface area (Å²) in [5, 5.41) is 1.43. The fraction of sp³-hybridized carbons (Fsp3) is 0.185. The summed E-state index contributed by atoms with van der Waals surface area (Å²) in [4.78, 5) is 56.5. The minimum Gasteiger partial charge on any atom is -0.492 e. The molecule has 2 amide bonds. The van der Waals surface area contributed by atoms with E-state index < -0.39 is 17.8 Å². The van der Waals surface area contributed by atoms with Crippen molar-refractivity contribution in [3.05, 3.63) is 78.6 Å². The molecule has 3 heterocycles. The molecule has 0 atom stereocenters. The van der Waals surface area contributed by atoms with Crippen LogP contribution in [-0.4, -0.2) is 58.0 Å². The lowest BCUT2D eigenvalue weighted by Crippen LogP contribution is -2.32. The first-order chi connectivity index (χ1) is 18.0. The number of hydrogen-bond acceptors (Lipinski definition) is 9. The first-order valence-electron chi connectivity index (χ1n) is 11.7. The standard InChI is InChI=1S/C27H23N5O5/c1-31(26-21-9-2-3-10-22(21)29-25(30-26)19-7-5-13-28-17-19)14-15-36-20-8-4-6-18(16-20)27(35)37-32-23(33)11-12-24(32)34/h2-10,13,16-17H,11-12,14-15H2,1H3. The molecule has 1 fully saturated rings. The molecule has 0 radical (unpaired) electrons. The van der Waals surface area contributed by atoms with Gasteiger partial charge in [-0.25, -0.2) is 14.8 Å². The number of hydroxylamine groups is 2. The van der Waals surface area contributed by atoms with E-state index in [1.54, 1.807) is 24.5 Å². The van der Waals surface area contributed by atoms with Crippen molar-refractivity contribution in [2.24, 2.45) is 0 Å². The van der Waals surface area contributed by atoms with E-state index in [1.807, 2.05) is 48.3 Å². The van der Waals surface area contributed by atoms with Crippen molar-refractivity contribution in [2.45, 2.75) is 12.8 Å². The van der Waals surface area contributed by atoms with Gasteiger partial charge in [0.25, 0.3) is 11.8 Å². The molecule has 2 aromatic heterocycles. The van der Waals surface area contributed by atoms with Crippen LogP contribution in [0.1, 0.15) is 23.2 Å². The lowest BCUT2D eigenvalue weighted by atomic mass is 10.2. The van der Waals surface area contributed by atoms with Crippen molar-refractivity contribution in [1.82, 2.24) is 20.0 Å². The van der Waals surface area contributed by atoms with E-state index in [2.05, 4.69) is 4.98 Å². The monoisotopic (exact) mass is 497 g/mol. The Labute approximate surface area is 212 Å². The highest BCUT2D eigenvalue weighted by atomic mass is 16.7. The minimum absolute atomic E-state index is 0.0358. The molecule has 0 spiro atoms. The number of pyridine rings is 1. The van der Waals surface area contributed by atoms with Crippen LogP contribution in [0.25, 0.3) is 22.3 Å². The zero-order valence-corrected chi connectivity index (χ0v) is 20.0. The fourth-order valence-corrected chi connectivity index (χ4v) is 3.89. The predicted molar refractivity (Wildman–Crippen MR) is 134 cm³/mol. The largest absolute Gasteiger partial charge is 0.492 e. The van der Waals surface area contributed by atoms with Gasteiger partial charge in [0.1, 0.15) is 18.2 Å². The normalized spacial score (nSPS) is 13.2. The molecule has 5 rings (SSSR count). The van der Waals surface area contributed by atoms with Gasteiger partial charge in [0.2, 0.25) is 0 Å². The number of rotatable bonds is 8. The van der Waals surface area contributed by atoms with Crippen LogP contribution in [0.3, 0.4) is 0 Å². The van der Waals surface area contributed by atoms with E-state index in [0.29, 0.717) is 29.8 Å². The van der Waals surface area contributed by atoms with Crippen LogP contribution in [-0.2, 0) is 14.4 Å². The number of nitrogens with zero attached hydrogens (tertiary/aromatic N) is 5. The number of hydrogen-bond donors (Lipinski definition) is 0. The number of fused-ring (bicyclic) bond motifs is 1. The Hall–Kier alpha value is -4.86. The second-order valence-corrected chi connectivity index (χ2v) is 8.39. The molecule has 4 aromatic rings. The van der Waals surface area contributed by atoms with Gasteiger partial charge in [0.05, 0.1) is 17.6 Å². The highest BCUT2D eigenvalue weighted by Gasteiger charge is 2.33. The van der Waals surface area contributed by atoms with Gasteiger partial charge in [-0.2, -0.15) is 0 Å². The summed E-state index contributed by atoms with van der Waals surface area (Å²) in [5.74, 6) is -0.0800. The number of likely N-dealkylation sites (N-methyl/N-ethyl adjacent to an activating group) is 1. The van der Waals surface area contributed by atoms with E-state index in [4.69, 9.17) is 19.5 Å². The van der Waals surface area contributed by atoms with E-state index in [0.717, 1.165) is 22.3 Å². The Morgan fingerprint density at radius 2 is 1.81 bits per heavy atom. The third-order valence-electron chi connectivity index (χ3n) is 5.81. The summed E-state index contributed by atoms with van der Waals surface area (Å²) in [7, 11) is 1.92. The number of aromatic nitrogens is 3.